The highest BCUT2D eigenvalue weighted by Crippen LogP contribution is 2.36. The predicted octanol–water partition coefficient (Wildman–Crippen LogP) is 5.46. The number of anilines is 1. The molecule has 0 radical (unpaired) electrons. The minimum Gasteiger partial charge on any atom is -0.497 e. The average Bonchev–Trinajstić information content (AvgIpc) is 3.09. The Morgan fingerprint density at radius 3 is 2.00 bits per heavy atom. The maximum absolute atomic E-state index is 14.6. The molecule has 1 atom stereocenters. The van der Waals surface area contributed by atoms with Crippen LogP contribution in [-0.4, -0.2) is 58.5 Å². The zero-order valence-electron chi connectivity index (χ0n) is 26.5. The van der Waals surface area contributed by atoms with Gasteiger partial charge in [-0.2, -0.15) is 0 Å². The highest BCUT2D eigenvalue weighted by atomic mass is 32.2. The van der Waals surface area contributed by atoms with Crippen LogP contribution in [0.25, 0.3) is 0 Å². The first-order valence-electron chi connectivity index (χ1n) is 15.2. The van der Waals surface area contributed by atoms with Crippen molar-refractivity contribution in [3.8, 4) is 11.5 Å². The van der Waals surface area contributed by atoms with Crippen LogP contribution < -0.4 is 19.1 Å². The standard InChI is InChI=1S/C36H41N3O6S/c1-4-5-23-37-36(41)33(24-28-15-9-6-10-16-28)38(26-29-17-11-7-12-18-29)35(40)27-39(46(42,43)31-19-13-8-14-20-31)32-25-30(44-2)21-22-34(32)45-3/h6-22,25,33H,4-5,23-24,26-27H2,1-3H3,(H,37,41). The van der Waals surface area contributed by atoms with Crippen molar-refractivity contribution < 1.29 is 27.5 Å². The van der Waals surface area contributed by atoms with E-state index in [1.54, 1.807) is 30.3 Å². The van der Waals surface area contributed by atoms with Crippen molar-refractivity contribution in [3.05, 3.63) is 120 Å². The summed E-state index contributed by atoms with van der Waals surface area (Å²) in [6.45, 7) is 1.99. The number of benzene rings is 4. The number of hydrogen-bond acceptors (Lipinski definition) is 6. The third-order valence-electron chi connectivity index (χ3n) is 7.56. The van der Waals surface area contributed by atoms with Crippen molar-refractivity contribution in [2.75, 3.05) is 31.6 Å². The lowest BCUT2D eigenvalue weighted by atomic mass is 10.0. The minimum absolute atomic E-state index is 0.000395. The number of amides is 2. The molecule has 4 aromatic carbocycles. The van der Waals surface area contributed by atoms with Crippen molar-refractivity contribution >= 4 is 27.5 Å². The molecule has 0 aromatic heterocycles. The molecule has 0 heterocycles. The molecule has 0 aliphatic rings. The molecule has 2 amide bonds. The van der Waals surface area contributed by atoms with Gasteiger partial charge in [0.25, 0.3) is 10.0 Å². The number of rotatable bonds is 16. The molecule has 4 aromatic rings. The van der Waals surface area contributed by atoms with Gasteiger partial charge in [-0.25, -0.2) is 8.42 Å². The molecule has 0 bridgehead atoms. The molecule has 0 aliphatic heterocycles. The van der Waals surface area contributed by atoms with E-state index in [4.69, 9.17) is 9.47 Å². The van der Waals surface area contributed by atoms with Gasteiger partial charge in [0, 0.05) is 25.6 Å². The maximum Gasteiger partial charge on any atom is 0.264 e. The zero-order valence-corrected chi connectivity index (χ0v) is 27.3. The molecule has 1 N–H and O–H groups in total. The Morgan fingerprint density at radius 2 is 1.41 bits per heavy atom. The van der Waals surface area contributed by atoms with Crippen molar-refractivity contribution in [1.82, 2.24) is 10.2 Å². The molecular formula is C36H41N3O6S. The number of nitrogens with zero attached hydrogens (tertiary/aromatic N) is 2. The summed E-state index contributed by atoms with van der Waals surface area (Å²) in [5.41, 5.74) is 1.80. The van der Waals surface area contributed by atoms with E-state index in [2.05, 4.69) is 5.32 Å². The fraction of sp³-hybridized carbons (Fsp3) is 0.278. The van der Waals surface area contributed by atoms with E-state index in [1.807, 2.05) is 67.6 Å². The topological polar surface area (TPSA) is 105 Å². The molecule has 0 spiro atoms. The number of unbranched alkanes of at least 4 members (excludes halogenated alkanes) is 1. The van der Waals surface area contributed by atoms with Crippen LogP contribution in [0.15, 0.2) is 114 Å². The molecule has 0 fully saturated rings. The van der Waals surface area contributed by atoms with Gasteiger partial charge in [0.05, 0.1) is 24.8 Å². The van der Waals surface area contributed by atoms with Crippen molar-refractivity contribution in [2.24, 2.45) is 0 Å². The average molecular weight is 644 g/mol. The van der Waals surface area contributed by atoms with Crippen LogP contribution in [0, 0.1) is 0 Å². The largest absolute Gasteiger partial charge is 0.497 e. The van der Waals surface area contributed by atoms with E-state index >= 15 is 0 Å². The van der Waals surface area contributed by atoms with Gasteiger partial charge in [-0.05, 0) is 41.8 Å². The number of carbonyl (C=O) groups excluding carboxylic acids is 2. The third-order valence-corrected chi connectivity index (χ3v) is 9.34. The van der Waals surface area contributed by atoms with Crippen molar-refractivity contribution in [2.45, 2.75) is 43.7 Å². The molecule has 0 aliphatic carbocycles. The van der Waals surface area contributed by atoms with Crippen LogP contribution in [0.5, 0.6) is 11.5 Å². The van der Waals surface area contributed by atoms with E-state index in [0.29, 0.717) is 12.3 Å². The number of hydrogen-bond donors (Lipinski definition) is 1. The van der Waals surface area contributed by atoms with Gasteiger partial charge in [0.15, 0.2) is 0 Å². The van der Waals surface area contributed by atoms with Crippen LogP contribution >= 0.6 is 0 Å². The summed E-state index contributed by atoms with van der Waals surface area (Å²) >= 11 is 0. The SMILES string of the molecule is CCCCNC(=O)C(Cc1ccccc1)N(Cc1ccccc1)C(=O)CN(c1cc(OC)ccc1OC)S(=O)(=O)c1ccccc1. The fourth-order valence-corrected chi connectivity index (χ4v) is 6.50. The minimum atomic E-state index is -4.29. The van der Waals surface area contributed by atoms with Gasteiger partial charge in [-0.15, -0.1) is 0 Å². The Kier molecular flexibility index (Phi) is 12.2. The Hall–Kier alpha value is -4.83. The predicted molar refractivity (Wildman–Crippen MR) is 179 cm³/mol. The summed E-state index contributed by atoms with van der Waals surface area (Å²) in [7, 11) is -1.38. The first kappa shape index (κ1) is 34.1. The summed E-state index contributed by atoms with van der Waals surface area (Å²) < 4.78 is 40.5. The Balaban J connectivity index is 1.83. The molecule has 46 heavy (non-hydrogen) atoms. The molecule has 10 heteroatoms. The van der Waals surface area contributed by atoms with Gasteiger partial charge < -0.3 is 19.7 Å². The van der Waals surface area contributed by atoms with E-state index in [1.165, 1.54) is 37.3 Å². The maximum atomic E-state index is 14.6. The van der Waals surface area contributed by atoms with Gasteiger partial charge in [0.1, 0.15) is 24.1 Å². The zero-order chi connectivity index (χ0) is 32.9. The second-order valence-corrected chi connectivity index (χ2v) is 12.6. The molecular weight excluding hydrogens is 602 g/mol. The highest BCUT2D eigenvalue weighted by Gasteiger charge is 2.35. The third kappa shape index (κ3) is 8.66. The molecule has 9 nitrogen and oxygen atoms in total. The number of methoxy groups -OCH3 is 2. The lowest BCUT2D eigenvalue weighted by Gasteiger charge is -2.34. The van der Waals surface area contributed by atoms with E-state index in [0.717, 1.165) is 28.3 Å². The van der Waals surface area contributed by atoms with Crippen molar-refractivity contribution in [1.29, 1.82) is 0 Å². The number of nitrogens with one attached hydrogen (secondary N) is 1. The van der Waals surface area contributed by atoms with E-state index in [-0.39, 0.29) is 35.2 Å². The van der Waals surface area contributed by atoms with Gasteiger partial charge in [-0.1, -0.05) is 92.2 Å². The quantitative estimate of drug-likeness (QED) is 0.163. The van der Waals surface area contributed by atoms with Gasteiger partial charge in [-0.3, -0.25) is 13.9 Å². The summed E-state index contributed by atoms with van der Waals surface area (Å²) in [5.74, 6) is -0.242. The summed E-state index contributed by atoms with van der Waals surface area (Å²) in [4.78, 5) is 29.9. The monoisotopic (exact) mass is 643 g/mol. The normalized spacial score (nSPS) is 11.7. The second-order valence-electron chi connectivity index (χ2n) is 10.7. The van der Waals surface area contributed by atoms with Crippen molar-refractivity contribution in [3.63, 3.8) is 0 Å². The van der Waals surface area contributed by atoms with Crippen LogP contribution in [0.4, 0.5) is 5.69 Å². The summed E-state index contributed by atoms with van der Waals surface area (Å²) in [5, 5.41) is 3.00. The fourth-order valence-electron chi connectivity index (χ4n) is 5.06. The first-order chi connectivity index (χ1) is 22.3. The molecule has 0 saturated heterocycles. The number of sulfonamides is 1. The van der Waals surface area contributed by atoms with Gasteiger partial charge in [0.2, 0.25) is 11.8 Å². The molecule has 242 valence electrons. The lowest BCUT2D eigenvalue weighted by Crippen LogP contribution is -2.53. The number of carbonyl (C=O) groups is 2. The lowest BCUT2D eigenvalue weighted by molar-refractivity contribution is -0.140. The number of ether oxygens (including phenoxy) is 2. The van der Waals surface area contributed by atoms with Crippen LogP contribution in [0.1, 0.15) is 30.9 Å². The second kappa shape index (κ2) is 16.5. The van der Waals surface area contributed by atoms with E-state index < -0.39 is 28.5 Å². The smallest absolute Gasteiger partial charge is 0.264 e. The van der Waals surface area contributed by atoms with Crippen LogP contribution in [-0.2, 0) is 32.6 Å². The summed E-state index contributed by atoms with van der Waals surface area (Å²) in [6.07, 6.45) is 1.92. The van der Waals surface area contributed by atoms with Crippen LogP contribution in [0.3, 0.4) is 0 Å². The van der Waals surface area contributed by atoms with Crippen LogP contribution in [0.2, 0.25) is 0 Å². The Morgan fingerprint density at radius 1 is 0.804 bits per heavy atom. The highest BCUT2D eigenvalue weighted by molar-refractivity contribution is 7.92. The molecule has 4 rings (SSSR count). The summed E-state index contributed by atoms with van der Waals surface area (Å²) in [6, 6.07) is 30.6. The molecule has 1 unspecified atom stereocenters. The Bertz CT molecular complexity index is 1670. The molecule has 0 saturated carbocycles. The van der Waals surface area contributed by atoms with Gasteiger partial charge >= 0.3 is 0 Å². The Labute approximate surface area is 271 Å². The van der Waals surface area contributed by atoms with E-state index in [9.17, 15) is 18.0 Å². The first-order valence-corrected chi connectivity index (χ1v) is 16.7.